The number of hydrogen-bond donors (Lipinski definition) is 1. The van der Waals surface area contributed by atoms with Crippen molar-refractivity contribution >= 4 is 11.7 Å². The molecule has 4 aromatic carbocycles. The molecule has 0 aliphatic carbocycles. The summed E-state index contributed by atoms with van der Waals surface area (Å²) in [6.07, 6.45) is 0.845. The van der Waals surface area contributed by atoms with Crippen LogP contribution in [0, 0.1) is 5.92 Å². The number of urea groups is 1. The number of nitrogens with zero attached hydrogens (tertiary/aromatic N) is 1. The molecule has 4 rings (SSSR count). The minimum absolute atomic E-state index is 0.0831. The molecule has 4 heteroatoms. The van der Waals surface area contributed by atoms with E-state index in [2.05, 4.69) is 67.7 Å². The largest absolute Gasteiger partial charge is 0.457 e. The zero-order valence-corrected chi connectivity index (χ0v) is 21.0. The van der Waals surface area contributed by atoms with Gasteiger partial charge >= 0.3 is 6.03 Å². The number of amides is 2. The normalized spacial score (nSPS) is 10.9. The van der Waals surface area contributed by atoms with Crippen LogP contribution in [0.15, 0.2) is 115 Å². The average Bonchev–Trinajstić information content (AvgIpc) is 2.91. The number of carbonyl (C=O) groups is 1. The summed E-state index contributed by atoms with van der Waals surface area (Å²) in [4.78, 5) is 15.2. The zero-order valence-electron chi connectivity index (χ0n) is 21.0. The maximum atomic E-state index is 13.3. The fourth-order valence-electron chi connectivity index (χ4n) is 4.33. The first-order valence-electron chi connectivity index (χ1n) is 12.6. The van der Waals surface area contributed by atoms with Crippen LogP contribution in [0.4, 0.5) is 10.5 Å². The molecule has 0 bridgehead atoms. The Labute approximate surface area is 214 Å². The van der Waals surface area contributed by atoms with Gasteiger partial charge in [-0.1, -0.05) is 92.7 Å². The molecule has 36 heavy (non-hydrogen) atoms. The van der Waals surface area contributed by atoms with E-state index < -0.39 is 0 Å². The Morgan fingerprint density at radius 1 is 0.722 bits per heavy atom. The van der Waals surface area contributed by atoms with Crippen molar-refractivity contribution in [2.75, 3.05) is 18.4 Å². The highest BCUT2D eigenvalue weighted by atomic mass is 16.5. The molecule has 0 spiro atoms. The number of ether oxygens (including phenoxy) is 1. The molecule has 0 aromatic heterocycles. The summed E-state index contributed by atoms with van der Waals surface area (Å²) in [6, 6.07) is 38.1. The Morgan fingerprint density at radius 3 is 1.75 bits per heavy atom. The molecule has 0 aliphatic heterocycles. The predicted molar refractivity (Wildman–Crippen MR) is 148 cm³/mol. The Bertz CT molecular complexity index is 1150. The van der Waals surface area contributed by atoms with Gasteiger partial charge in [0.25, 0.3) is 0 Å². The molecule has 1 N–H and O–H groups in total. The van der Waals surface area contributed by atoms with Gasteiger partial charge in [0.05, 0.1) is 0 Å². The maximum Gasteiger partial charge on any atom is 0.321 e. The molecular weight excluding hydrogens is 444 g/mol. The fourth-order valence-corrected chi connectivity index (χ4v) is 4.33. The molecule has 0 aliphatic rings. The van der Waals surface area contributed by atoms with E-state index in [4.69, 9.17) is 4.74 Å². The van der Waals surface area contributed by atoms with Crippen LogP contribution >= 0.6 is 0 Å². The number of benzene rings is 4. The Balaban J connectivity index is 1.43. The second-order valence-corrected chi connectivity index (χ2v) is 9.37. The minimum atomic E-state index is -0.0831. The monoisotopic (exact) mass is 478 g/mol. The van der Waals surface area contributed by atoms with Crippen molar-refractivity contribution in [3.8, 4) is 11.5 Å². The zero-order chi connectivity index (χ0) is 25.2. The maximum absolute atomic E-state index is 13.3. The summed E-state index contributed by atoms with van der Waals surface area (Å²) in [5.41, 5.74) is 3.28. The van der Waals surface area contributed by atoms with Crippen LogP contribution in [0.3, 0.4) is 0 Å². The van der Waals surface area contributed by atoms with Crippen LogP contribution in [-0.4, -0.2) is 24.0 Å². The van der Waals surface area contributed by atoms with Crippen molar-refractivity contribution in [1.82, 2.24) is 4.90 Å². The Hall–Kier alpha value is -4.05. The third-order valence-electron chi connectivity index (χ3n) is 6.05. The molecule has 0 saturated heterocycles. The molecular formula is C32H34N2O2. The lowest BCUT2D eigenvalue weighted by molar-refractivity contribution is 0.203. The van der Waals surface area contributed by atoms with E-state index in [1.807, 2.05) is 71.6 Å². The third kappa shape index (κ3) is 7.22. The van der Waals surface area contributed by atoms with Crippen LogP contribution in [0.5, 0.6) is 11.5 Å². The summed E-state index contributed by atoms with van der Waals surface area (Å²) < 4.78 is 5.86. The number of nitrogens with one attached hydrogen (secondary N) is 1. The molecule has 0 saturated carbocycles. The highest BCUT2D eigenvalue weighted by Crippen LogP contribution is 2.28. The van der Waals surface area contributed by atoms with Crippen LogP contribution < -0.4 is 10.1 Å². The summed E-state index contributed by atoms with van der Waals surface area (Å²) in [5.74, 6) is 2.10. The molecule has 184 valence electrons. The predicted octanol–water partition coefficient (Wildman–Crippen LogP) is 8.19. The van der Waals surface area contributed by atoms with E-state index in [9.17, 15) is 4.79 Å². The Kier molecular flexibility index (Phi) is 8.77. The lowest BCUT2D eigenvalue weighted by atomic mass is 9.88. The van der Waals surface area contributed by atoms with Gasteiger partial charge in [-0.05, 0) is 59.9 Å². The van der Waals surface area contributed by atoms with E-state index in [1.54, 1.807) is 0 Å². The molecule has 0 unspecified atom stereocenters. The molecule has 0 atom stereocenters. The van der Waals surface area contributed by atoms with Crippen LogP contribution in [-0.2, 0) is 0 Å². The molecule has 0 heterocycles. The van der Waals surface area contributed by atoms with Gasteiger partial charge < -0.3 is 15.0 Å². The van der Waals surface area contributed by atoms with Gasteiger partial charge in [0.1, 0.15) is 11.5 Å². The molecule has 4 nitrogen and oxygen atoms in total. The number of para-hydroxylation sites is 1. The number of carbonyl (C=O) groups excluding carboxylic acids is 1. The summed E-state index contributed by atoms with van der Waals surface area (Å²) in [7, 11) is 0. The molecule has 0 radical (unpaired) electrons. The van der Waals surface area contributed by atoms with E-state index in [0.717, 1.165) is 23.6 Å². The fraction of sp³-hybridized carbons (Fsp3) is 0.219. The van der Waals surface area contributed by atoms with Gasteiger partial charge in [-0.25, -0.2) is 4.79 Å². The van der Waals surface area contributed by atoms with Crippen LogP contribution in [0.25, 0.3) is 0 Å². The lowest BCUT2D eigenvalue weighted by Crippen LogP contribution is -2.38. The van der Waals surface area contributed by atoms with Crippen molar-refractivity contribution in [2.24, 2.45) is 5.92 Å². The first-order valence-corrected chi connectivity index (χ1v) is 12.6. The number of anilines is 1. The molecule has 4 aromatic rings. The van der Waals surface area contributed by atoms with E-state index in [1.165, 1.54) is 11.1 Å². The van der Waals surface area contributed by atoms with Gasteiger partial charge in [0.2, 0.25) is 0 Å². The third-order valence-corrected chi connectivity index (χ3v) is 6.05. The molecule has 0 fully saturated rings. The Morgan fingerprint density at radius 2 is 1.22 bits per heavy atom. The summed E-state index contributed by atoms with van der Waals surface area (Å²) in [5, 5.41) is 3.07. The highest BCUT2D eigenvalue weighted by molar-refractivity contribution is 5.89. The molecule has 2 amide bonds. The van der Waals surface area contributed by atoms with E-state index in [-0.39, 0.29) is 11.9 Å². The standard InChI is InChI=1S/C32H34N2O2/c1-25(2)24-34(23-22-31(26-12-6-3-7-13-26)27-14-8-4-9-15-27)32(35)33-28-18-20-30(21-19-28)36-29-16-10-5-11-17-29/h3-21,25,31H,22-24H2,1-2H3,(H,33,35). The van der Waals surface area contributed by atoms with Gasteiger partial charge in [-0.3, -0.25) is 0 Å². The number of hydrogen-bond acceptors (Lipinski definition) is 2. The highest BCUT2D eigenvalue weighted by Gasteiger charge is 2.20. The second-order valence-electron chi connectivity index (χ2n) is 9.37. The van der Waals surface area contributed by atoms with Crippen molar-refractivity contribution in [3.05, 3.63) is 126 Å². The number of rotatable bonds is 10. The van der Waals surface area contributed by atoms with Crippen molar-refractivity contribution in [2.45, 2.75) is 26.2 Å². The van der Waals surface area contributed by atoms with Gasteiger partial charge in [0.15, 0.2) is 0 Å². The van der Waals surface area contributed by atoms with Crippen molar-refractivity contribution < 1.29 is 9.53 Å². The van der Waals surface area contributed by atoms with Gasteiger partial charge in [0, 0.05) is 24.7 Å². The van der Waals surface area contributed by atoms with Crippen molar-refractivity contribution in [3.63, 3.8) is 0 Å². The lowest BCUT2D eigenvalue weighted by Gasteiger charge is -2.27. The summed E-state index contributed by atoms with van der Waals surface area (Å²) in [6.45, 7) is 5.63. The SMILES string of the molecule is CC(C)CN(CCC(c1ccccc1)c1ccccc1)C(=O)Nc1ccc(Oc2ccccc2)cc1. The van der Waals surface area contributed by atoms with Crippen molar-refractivity contribution in [1.29, 1.82) is 0 Å². The first-order chi connectivity index (χ1) is 17.6. The average molecular weight is 479 g/mol. The van der Waals surface area contributed by atoms with E-state index in [0.29, 0.717) is 19.0 Å². The smallest absolute Gasteiger partial charge is 0.321 e. The first kappa shape index (κ1) is 25.1. The van der Waals surface area contributed by atoms with E-state index >= 15 is 0 Å². The topological polar surface area (TPSA) is 41.6 Å². The van der Waals surface area contributed by atoms with Crippen LogP contribution in [0.2, 0.25) is 0 Å². The quantitative estimate of drug-likeness (QED) is 0.250. The second kappa shape index (κ2) is 12.6. The van der Waals surface area contributed by atoms with Gasteiger partial charge in [-0.15, -0.1) is 0 Å². The van der Waals surface area contributed by atoms with Crippen LogP contribution in [0.1, 0.15) is 37.3 Å². The minimum Gasteiger partial charge on any atom is -0.457 e. The van der Waals surface area contributed by atoms with Gasteiger partial charge in [-0.2, -0.15) is 0 Å². The summed E-state index contributed by atoms with van der Waals surface area (Å²) >= 11 is 0.